The highest BCUT2D eigenvalue weighted by Crippen LogP contribution is 2.14. The van der Waals surface area contributed by atoms with Crippen LogP contribution in [0.25, 0.3) is 16.7 Å². The first-order valence-electron chi connectivity index (χ1n) is 4.49. The van der Waals surface area contributed by atoms with Crippen LogP contribution in [0, 0.1) is 0 Å². The van der Waals surface area contributed by atoms with Gasteiger partial charge in [0, 0.05) is 30.2 Å². The maximum absolute atomic E-state index is 4.24. The van der Waals surface area contributed by atoms with Crippen molar-refractivity contribution in [3.63, 3.8) is 0 Å². The molecule has 3 rings (SSSR count). The summed E-state index contributed by atoms with van der Waals surface area (Å²) in [7, 11) is 0. The monoisotopic (exact) mass is 197 g/mol. The van der Waals surface area contributed by atoms with Gasteiger partial charge in [0.2, 0.25) is 0 Å². The normalized spacial score (nSPS) is 10.7. The highest BCUT2D eigenvalue weighted by atomic mass is 15.3. The number of aromatic nitrogens is 5. The fourth-order valence-corrected chi connectivity index (χ4v) is 1.46. The molecule has 0 aliphatic heterocycles. The Kier molecular flexibility index (Phi) is 1.68. The largest absolute Gasteiger partial charge is 0.264 e. The molecule has 15 heavy (non-hydrogen) atoms. The van der Waals surface area contributed by atoms with Gasteiger partial charge in [0.25, 0.3) is 0 Å². The average molecular weight is 197 g/mol. The van der Waals surface area contributed by atoms with E-state index in [0.29, 0.717) is 5.82 Å². The van der Waals surface area contributed by atoms with Crippen LogP contribution in [0.2, 0.25) is 0 Å². The van der Waals surface area contributed by atoms with Gasteiger partial charge in [0.1, 0.15) is 0 Å². The molecule has 0 unspecified atom stereocenters. The average Bonchev–Trinajstić information content (AvgIpc) is 2.74. The summed E-state index contributed by atoms with van der Waals surface area (Å²) in [5.41, 5.74) is 0.977. The van der Waals surface area contributed by atoms with Crippen LogP contribution in [0.15, 0.2) is 43.2 Å². The fraction of sp³-hybridized carbons (Fsp3) is 0. The molecular formula is C10H7N5. The lowest BCUT2D eigenvalue weighted by atomic mass is 10.3. The van der Waals surface area contributed by atoms with Gasteiger partial charge in [-0.25, -0.2) is 9.67 Å². The number of hydrogen-bond acceptors (Lipinski definition) is 4. The molecule has 0 N–H and O–H groups in total. The van der Waals surface area contributed by atoms with E-state index in [9.17, 15) is 0 Å². The molecule has 0 aliphatic rings. The van der Waals surface area contributed by atoms with Crippen molar-refractivity contribution in [3.05, 3.63) is 43.2 Å². The highest BCUT2D eigenvalue weighted by Gasteiger charge is 2.04. The maximum atomic E-state index is 4.24. The number of hydrogen-bond donors (Lipinski definition) is 0. The molecule has 0 spiro atoms. The van der Waals surface area contributed by atoms with Gasteiger partial charge < -0.3 is 0 Å². The summed E-state index contributed by atoms with van der Waals surface area (Å²) in [6.45, 7) is 0. The third-order valence-electron chi connectivity index (χ3n) is 2.13. The van der Waals surface area contributed by atoms with E-state index in [1.807, 2.05) is 6.07 Å². The summed E-state index contributed by atoms with van der Waals surface area (Å²) in [6, 6.07) is 1.90. The number of nitrogens with zero attached hydrogens (tertiary/aromatic N) is 5. The third-order valence-corrected chi connectivity index (χ3v) is 2.13. The van der Waals surface area contributed by atoms with Gasteiger partial charge in [-0.3, -0.25) is 9.97 Å². The smallest absolute Gasteiger partial charge is 0.172 e. The molecule has 3 aromatic heterocycles. The zero-order chi connectivity index (χ0) is 10.1. The van der Waals surface area contributed by atoms with Crippen LogP contribution in [0.5, 0.6) is 0 Å². The van der Waals surface area contributed by atoms with Crippen LogP contribution < -0.4 is 0 Å². The Morgan fingerprint density at radius 1 is 0.933 bits per heavy atom. The van der Waals surface area contributed by atoms with Crippen LogP contribution in [-0.2, 0) is 0 Å². The first-order chi connectivity index (χ1) is 7.45. The second-order valence-corrected chi connectivity index (χ2v) is 3.05. The molecule has 5 heteroatoms. The number of fused-ring (bicyclic) bond motifs is 1. The van der Waals surface area contributed by atoms with Gasteiger partial charge in [-0.1, -0.05) is 0 Å². The Bertz CT molecular complexity index is 587. The summed E-state index contributed by atoms with van der Waals surface area (Å²) in [5, 5.41) is 5.23. The Morgan fingerprint density at radius 3 is 2.73 bits per heavy atom. The van der Waals surface area contributed by atoms with Crippen molar-refractivity contribution in [2.45, 2.75) is 0 Å². The van der Waals surface area contributed by atoms with Crippen molar-refractivity contribution < 1.29 is 0 Å². The molecule has 0 radical (unpaired) electrons. The Balaban J connectivity index is 2.28. The van der Waals surface area contributed by atoms with E-state index in [1.165, 1.54) is 0 Å². The minimum atomic E-state index is 0.707. The van der Waals surface area contributed by atoms with Crippen LogP contribution >= 0.6 is 0 Å². The summed E-state index contributed by atoms with van der Waals surface area (Å²) in [5.74, 6) is 0.707. The lowest BCUT2D eigenvalue weighted by Gasteiger charge is -1.99. The predicted molar refractivity (Wildman–Crippen MR) is 54.5 cm³/mol. The summed E-state index contributed by atoms with van der Waals surface area (Å²) in [6.07, 6.45) is 10.2. The second kappa shape index (κ2) is 3.13. The van der Waals surface area contributed by atoms with Crippen molar-refractivity contribution in [2.24, 2.45) is 0 Å². The van der Waals surface area contributed by atoms with Gasteiger partial charge >= 0.3 is 0 Å². The van der Waals surface area contributed by atoms with Gasteiger partial charge in [0.15, 0.2) is 5.82 Å². The minimum absolute atomic E-state index is 0.707. The first-order valence-corrected chi connectivity index (χ1v) is 4.49. The van der Waals surface area contributed by atoms with Gasteiger partial charge in [0.05, 0.1) is 17.9 Å². The SMILES string of the molecule is c1cnc(-n2ncc3cnccc32)cn1. The van der Waals surface area contributed by atoms with Crippen LogP contribution in [0.4, 0.5) is 0 Å². The lowest BCUT2D eigenvalue weighted by Crippen LogP contribution is -1.98. The Morgan fingerprint density at radius 2 is 1.87 bits per heavy atom. The zero-order valence-electron chi connectivity index (χ0n) is 7.78. The molecule has 0 amide bonds. The molecule has 0 bridgehead atoms. The minimum Gasteiger partial charge on any atom is -0.264 e. The molecule has 0 saturated heterocycles. The summed E-state index contributed by atoms with van der Waals surface area (Å²) < 4.78 is 1.74. The van der Waals surface area contributed by atoms with Crippen molar-refractivity contribution in [3.8, 4) is 5.82 Å². The van der Waals surface area contributed by atoms with Crippen molar-refractivity contribution in [2.75, 3.05) is 0 Å². The molecular weight excluding hydrogens is 190 g/mol. The van der Waals surface area contributed by atoms with Crippen molar-refractivity contribution in [1.82, 2.24) is 24.7 Å². The van der Waals surface area contributed by atoms with Crippen LogP contribution in [0.1, 0.15) is 0 Å². The number of pyridine rings is 1. The van der Waals surface area contributed by atoms with E-state index in [4.69, 9.17) is 0 Å². The van der Waals surface area contributed by atoms with Gasteiger partial charge in [-0.05, 0) is 6.07 Å². The van der Waals surface area contributed by atoms with Crippen LogP contribution in [-0.4, -0.2) is 24.7 Å². The van der Waals surface area contributed by atoms with E-state index in [0.717, 1.165) is 10.9 Å². The zero-order valence-corrected chi connectivity index (χ0v) is 7.78. The van der Waals surface area contributed by atoms with E-state index >= 15 is 0 Å². The molecule has 0 aromatic carbocycles. The first kappa shape index (κ1) is 8.05. The van der Waals surface area contributed by atoms with Gasteiger partial charge in [-0.2, -0.15) is 5.10 Å². The van der Waals surface area contributed by atoms with Gasteiger partial charge in [-0.15, -0.1) is 0 Å². The third kappa shape index (κ3) is 1.25. The topological polar surface area (TPSA) is 56.5 Å². The van der Waals surface area contributed by atoms with E-state index < -0.39 is 0 Å². The molecule has 0 atom stereocenters. The van der Waals surface area contributed by atoms with E-state index in [1.54, 1.807) is 41.9 Å². The lowest BCUT2D eigenvalue weighted by molar-refractivity contribution is 0.864. The molecule has 0 aliphatic carbocycles. The summed E-state index contributed by atoms with van der Waals surface area (Å²) in [4.78, 5) is 12.2. The molecule has 5 nitrogen and oxygen atoms in total. The standard InChI is InChI=1S/C10H7N5/c1-2-11-5-8-6-14-15(9(1)8)10-7-12-3-4-13-10/h1-7H. The molecule has 3 aromatic rings. The van der Waals surface area contributed by atoms with Crippen LogP contribution in [0.3, 0.4) is 0 Å². The van der Waals surface area contributed by atoms with Crippen molar-refractivity contribution >= 4 is 10.9 Å². The summed E-state index contributed by atoms with van der Waals surface area (Å²) >= 11 is 0. The number of rotatable bonds is 1. The molecule has 0 saturated carbocycles. The molecule has 0 fully saturated rings. The fourth-order valence-electron chi connectivity index (χ4n) is 1.46. The maximum Gasteiger partial charge on any atom is 0.172 e. The van der Waals surface area contributed by atoms with E-state index in [-0.39, 0.29) is 0 Å². The Labute approximate surface area is 85.4 Å². The predicted octanol–water partition coefficient (Wildman–Crippen LogP) is 1.21. The van der Waals surface area contributed by atoms with Crippen molar-refractivity contribution in [1.29, 1.82) is 0 Å². The highest BCUT2D eigenvalue weighted by molar-refractivity contribution is 5.78. The molecule has 72 valence electrons. The van der Waals surface area contributed by atoms with E-state index in [2.05, 4.69) is 20.1 Å². The second-order valence-electron chi connectivity index (χ2n) is 3.05. The molecule has 3 heterocycles. The Hall–Kier alpha value is -2.30. The quantitative estimate of drug-likeness (QED) is 0.588.